The van der Waals surface area contributed by atoms with E-state index in [1.54, 1.807) is 0 Å². The highest BCUT2D eigenvalue weighted by Gasteiger charge is 2.44. The normalized spacial score (nSPS) is 14.9. The lowest BCUT2D eigenvalue weighted by Gasteiger charge is -2.37. The second kappa shape index (κ2) is 11.9. The van der Waals surface area contributed by atoms with E-state index in [1.807, 2.05) is 0 Å². The van der Waals surface area contributed by atoms with Crippen LogP contribution in [-0.4, -0.2) is 78.4 Å². The molecule has 0 spiro atoms. The van der Waals surface area contributed by atoms with Crippen molar-refractivity contribution < 1.29 is 36.3 Å². The Balaban J connectivity index is 1.16. The molecule has 12 nitrogen and oxygen atoms in total. The number of rotatable bonds is 13. The Hall–Kier alpha value is -4.15. The number of nitrogens with one attached hydrogen (secondary N) is 2. The van der Waals surface area contributed by atoms with Crippen molar-refractivity contribution in [3.63, 3.8) is 0 Å². The third-order valence-electron chi connectivity index (χ3n) is 5.63. The van der Waals surface area contributed by atoms with Gasteiger partial charge in [0.2, 0.25) is 5.91 Å². The van der Waals surface area contributed by atoms with Crippen molar-refractivity contribution >= 4 is 17.6 Å². The number of benzene rings is 1. The van der Waals surface area contributed by atoms with Gasteiger partial charge in [-0.15, -0.1) is 10.2 Å². The molecule has 2 amide bonds. The summed E-state index contributed by atoms with van der Waals surface area (Å²) in [7, 11) is 0. The number of ether oxygens (including phenoxy) is 1. The molecule has 1 saturated heterocycles. The first kappa shape index (κ1) is 28.8. The number of unbranched alkanes of at least 4 members (excludes halogenated alkanes) is 1. The Bertz CT molecular complexity index is 1330. The second-order valence-electron chi connectivity index (χ2n) is 9.34. The van der Waals surface area contributed by atoms with Gasteiger partial charge in [0, 0.05) is 32.1 Å². The molecule has 1 aliphatic rings. The lowest BCUT2D eigenvalue weighted by Crippen LogP contribution is -2.57. The Morgan fingerprint density at radius 1 is 1.07 bits per heavy atom. The van der Waals surface area contributed by atoms with Crippen molar-refractivity contribution in [2.24, 2.45) is 0 Å². The van der Waals surface area contributed by atoms with Crippen molar-refractivity contribution in [1.82, 2.24) is 40.2 Å². The molecule has 0 unspecified atom stereocenters. The molecular formula is C23H26F5N9O3. The topological polar surface area (TPSA) is 132 Å². The molecule has 1 aromatic carbocycles. The van der Waals surface area contributed by atoms with Gasteiger partial charge in [-0.3, -0.25) is 23.9 Å². The molecule has 4 rings (SSSR count). The number of hydrogen-bond donors (Lipinski definition) is 2. The number of aromatic nitrogens is 6. The van der Waals surface area contributed by atoms with Crippen LogP contribution in [-0.2, 0) is 24.4 Å². The van der Waals surface area contributed by atoms with Gasteiger partial charge in [0.1, 0.15) is 11.6 Å². The smallest absolute Gasteiger partial charge is 0.394 e. The van der Waals surface area contributed by atoms with E-state index in [9.17, 15) is 31.5 Å². The van der Waals surface area contributed by atoms with Crippen LogP contribution in [0.25, 0.3) is 0 Å². The number of halogens is 5. The number of carbonyl (C=O) groups excluding carboxylic acids is 2. The highest BCUT2D eigenvalue weighted by Crippen LogP contribution is 2.26. The van der Waals surface area contributed by atoms with E-state index < -0.39 is 42.8 Å². The first-order valence-corrected chi connectivity index (χ1v) is 12.2. The van der Waals surface area contributed by atoms with Crippen LogP contribution in [0, 0.1) is 5.82 Å². The van der Waals surface area contributed by atoms with Crippen molar-refractivity contribution in [3.05, 3.63) is 47.7 Å². The third kappa shape index (κ3) is 8.42. The minimum absolute atomic E-state index is 0.00786. The Labute approximate surface area is 224 Å². The molecule has 17 heteroatoms. The lowest BCUT2D eigenvalue weighted by molar-refractivity contribution is -0.159. The molecular weight excluding hydrogens is 545 g/mol. The zero-order chi connectivity index (χ0) is 28.9. The van der Waals surface area contributed by atoms with Crippen LogP contribution in [0.2, 0.25) is 0 Å². The SMILES string of the molecule is CC(F)(F)Oc1ccc(F)c(CNC(=O)c2cn(CCCCn3cc(NC(=O)CN4CC(F)(F)C4)nn3)nn2)c1. The van der Waals surface area contributed by atoms with E-state index in [0.29, 0.717) is 32.9 Å². The fourth-order valence-electron chi connectivity index (χ4n) is 3.85. The number of aryl methyl sites for hydroxylation is 2. The van der Waals surface area contributed by atoms with E-state index in [-0.39, 0.29) is 35.9 Å². The van der Waals surface area contributed by atoms with Crippen LogP contribution >= 0.6 is 0 Å². The summed E-state index contributed by atoms with van der Waals surface area (Å²) in [5.41, 5.74) is -0.0503. The highest BCUT2D eigenvalue weighted by atomic mass is 19.3. The van der Waals surface area contributed by atoms with Crippen molar-refractivity contribution in [2.45, 2.75) is 51.4 Å². The van der Waals surface area contributed by atoms with Gasteiger partial charge in [-0.2, -0.15) is 8.78 Å². The maximum atomic E-state index is 14.0. The van der Waals surface area contributed by atoms with Gasteiger partial charge < -0.3 is 15.4 Å². The van der Waals surface area contributed by atoms with E-state index in [4.69, 9.17) is 0 Å². The van der Waals surface area contributed by atoms with Crippen LogP contribution in [0.15, 0.2) is 30.6 Å². The summed E-state index contributed by atoms with van der Waals surface area (Å²) in [5, 5.41) is 20.4. The molecule has 40 heavy (non-hydrogen) atoms. The first-order chi connectivity index (χ1) is 18.8. The number of alkyl halides is 4. The fraction of sp³-hybridized carbons (Fsp3) is 0.478. The molecule has 3 aromatic rings. The predicted molar refractivity (Wildman–Crippen MR) is 128 cm³/mol. The number of nitrogens with zero attached hydrogens (tertiary/aromatic N) is 7. The van der Waals surface area contributed by atoms with Crippen LogP contribution in [0.3, 0.4) is 0 Å². The summed E-state index contributed by atoms with van der Waals surface area (Å²) in [4.78, 5) is 25.6. The fourth-order valence-corrected chi connectivity index (χ4v) is 3.85. The summed E-state index contributed by atoms with van der Waals surface area (Å²) in [6.45, 7) is 0.137. The van der Waals surface area contributed by atoms with Gasteiger partial charge in [-0.1, -0.05) is 10.4 Å². The molecule has 0 saturated carbocycles. The number of carbonyl (C=O) groups is 2. The van der Waals surface area contributed by atoms with Gasteiger partial charge in [0.15, 0.2) is 11.5 Å². The van der Waals surface area contributed by atoms with E-state index in [0.717, 1.165) is 18.2 Å². The largest absolute Gasteiger partial charge is 0.433 e. The maximum absolute atomic E-state index is 14.0. The molecule has 2 N–H and O–H groups in total. The van der Waals surface area contributed by atoms with Crippen molar-refractivity contribution in [3.8, 4) is 5.75 Å². The standard InChI is InChI=1S/C23H26F5N9O3/c1-22(25,26)40-16-4-5-17(24)15(8-16)9-29-21(39)18-10-36(33-31-18)6-2-3-7-37-11-19(32-34-37)30-20(38)12-35-13-23(27,28)14-35/h4-5,8,10-11H,2-3,6-7,9,12-14H2,1H3,(H,29,39)(H,30,38). The summed E-state index contributed by atoms with van der Waals surface area (Å²) in [6, 6.07) is 3.11. The van der Waals surface area contributed by atoms with Crippen molar-refractivity contribution in [2.75, 3.05) is 25.0 Å². The average molecular weight is 572 g/mol. The number of amides is 2. The van der Waals surface area contributed by atoms with Crippen LogP contribution in [0.1, 0.15) is 35.8 Å². The molecule has 0 aliphatic carbocycles. The van der Waals surface area contributed by atoms with Crippen LogP contribution in [0.5, 0.6) is 5.75 Å². The number of hydrogen-bond acceptors (Lipinski definition) is 8. The zero-order valence-corrected chi connectivity index (χ0v) is 21.3. The quantitative estimate of drug-likeness (QED) is 0.236. The Morgan fingerprint density at radius 3 is 2.42 bits per heavy atom. The third-order valence-corrected chi connectivity index (χ3v) is 5.63. The molecule has 3 heterocycles. The van der Waals surface area contributed by atoms with Crippen LogP contribution < -0.4 is 15.4 Å². The van der Waals surface area contributed by atoms with Crippen LogP contribution in [0.4, 0.5) is 27.8 Å². The average Bonchev–Trinajstić information content (AvgIpc) is 3.49. The minimum atomic E-state index is -3.44. The second-order valence-corrected chi connectivity index (χ2v) is 9.34. The van der Waals surface area contributed by atoms with Gasteiger partial charge in [0.25, 0.3) is 11.8 Å². The summed E-state index contributed by atoms with van der Waals surface area (Å²) in [6.07, 6.45) is 0.788. The zero-order valence-electron chi connectivity index (χ0n) is 21.3. The molecule has 1 aliphatic heterocycles. The molecule has 2 aromatic heterocycles. The molecule has 0 atom stereocenters. The monoisotopic (exact) mass is 571 g/mol. The maximum Gasteiger partial charge on any atom is 0.394 e. The Kier molecular flexibility index (Phi) is 8.61. The molecule has 1 fully saturated rings. The van der Waals surface area contributed by atoms with Gasteiger partial charge in [-0.25, -0.2) is 13.2 Å². The summed E-state index contributed by atoms with van der Waals surface area (Å²) >= 11 is 0. The van der Waals surface area contributed by atoms with Gasteiger partial charge in [-0.05, 0) is 31.0 Å². The van der Waals surface area contributed by atoms with E-state index in [2.05, 4.69) is 36.0 Å². The van der Waals surface area contributed by atoms with E-state index >= 15 is 0 Å². The molecule has 0 bridgehead atoms. The molecule has 0 radical (unpaired) electrons. The van der Waals surface area contributed by atoms with Gasteiger partial charge >= 0.3 is 6.11 Å². The highest BCUT2D eigenvalue weighted by molar-refractivity contribution is 5.92. The predicted octanol–water partition coefficient (Wildman–Crippen LogP) is 2.30. The van der Waals surface area contributed by atoms with Gasteiger partial charge in [0.05, 0.1) is 32.0 Å². The number of likely N-dealkylation sites (tertiary alicyclic amines) is 1. The van der Waals surface area contributed by atoms with Crippen molar-refractivity contribution in [1.29, 1.82) is 0 Å². The molecule has 216 valence electrons. The first-order valence-electron chi connectivity index (χ1n) is 12.2. The van der Waals surface area contributed by atoms with E-state index in [1.165, 1.54) is 26.7 Å². The number of anilines is 1. The summed E-state index contributed by atoms with van der Waals surface area (Å²) < 4.78 is 73.2. The lowest BCUT2D eigenvalue weighted by atomic mass is 10.1. The minimum Gasteiger partial charge on any atom is -0.433 e. The Morgan fingerprint density at radius 2 is 1.75 bits per heavy atom. The summed E-state index contributed by atoms with van der Waals surface area (Å²) in [5.74, 6) is -4.55.